The molecule has 0 spiro atoms. The van der Waals surface area contributed by atoms with Crippen molar-refractivity contribution in [3.63, 3.8) is 0 Å². The Labute approximate surface area is 178 Å². The van der Waals surface area contributed by atoms with E-state index in [1.807, 2.05) is 18.2 Å². The summed E-state index contributed by atoms with van der Waals surface area (Å²) in [7, 11) is 0. The van der Waals surface area contributed by atoms with Crippen molar-refractivity contribution in [2.24, 2.45) is 9.98 Å². The standard InChI is InChI=1S/C24H32N2.Pd/c1-5-7-14-23(25-21-12-10-9-11-13-21)24(15-8-6-2)26-22-17-19(3)16-20(4)18-22;/h9-13,16-18H,5-8,14-15H2,1-4H3;. The maximum absolute atomic E-state index is 5.05. The van der Waals surface area contributed by atoms with Gasteiger partial charge >= 0.3 is 0 Å². The molecule has 3 heteroatoms. The predicted molar refractivity (Wildman–Crippen MR) is 116 cm³/mol. The Kier molecular flexibility index (Phi) is 11.1. The molecular formula is C24H32N2Pd. The van der Waals surface area contributed by atoms with Crippen molar-refractivity contribution in [2.45, 2.75) is 66.2 Å². The molecule has 0 fully saturated rings. The van der Waals surface area contributed by atoms with Crippen molar-refractivity contribution in [3.8, 4) is 0 Å². The van der Waals surface area contributed by atoms with Crippen LogP contribution in [0, 0.1) is 13.8 Å². The number of para-hydroxylation sites is 1. The minimum atomic E-state index is 0. The second-order valence-electron chi connectivity index (χ2n) is 7.01. The van der Waals surface area contributed by atoms with E-state index >= 15 is 0 Å². The summed E-state index contributed by atoms with van der Waals surface area (Å²) in [6.07, 6.45) is 6.58. The summed E-state index contributed by atoms with van der Waals surface area (Å²) in [4.78, 5) is 10.0. The van der Waals surface area contributed by atoms with Crippen LogP contribution in [0.4, 0.5) is 11.4 Å². The van der Waals surface area contributed by atoms with E-state index in [1.165, 1.54) is 17.5 Å². The average Bonchev–Trinajstić information content (AvgIpc) is 2.62. The van der Waals surface area contributed by atoms with Gasteiger partial charge in [0.2, 0.25) is 0 Å². The molecule has 0 aliphatic heterocycles. The van der Waals surface area contributed by atoms with E-state index in [9.17, 15) is 0 Å². The molecule has 0 saturated carbocycles. The second-order valence-corrected chi connectivity index (χ2v) is 7.01. The molecule has 27 heavy (non-hydrogen) atoms. The number of hydrogen-bond acceptors (Lipinski definition) is 2. The second kappa shape index (κ2) is 12.8. The van der Waals surface area contributed by atoms with Crippen molar-refractivity contribution in [2.75, 3.05) is 0 Å². The van der Waals surface area contributed by atoms with Crippen LogP contribution in [0.15, 0.2) is 58.5 Å². The molecular weight excluding hydrogens is 423 g/mol. The Morgan fingerprint density at radius 1 is 0.704 bits per heavy atom. The van der Waals surface area contributed by atoms with Crippen LogP contribution >= 0.6 is 0 Å². The molecule has 0 heterocycles. The van der Waals surface area contributed by atoms with Gasteiger partial charge < -0.3 is 0 Å². The molecule has 2 rings (SSSR count). The number of hydrogen-bond donors (Lipinski definition) is 0. The summed E-state index contributed by atoms with van der Waals surface area (Å²) in [5.41, 5.74) is 6.87. The van der Waals surface area contributed by atoms with Crippen LogP contribution in [-0.4, -0.2) is 11.4 Å². The smallest absolute Gasteiger partial charge is 0.0639 e. The molecule has 0 radical (unpaired) electrons. The van der Waals surface area contributed by atoms with Crippen LogP contribution in [0.1, 0.15) is 63.5 Å². The van der Waals surface area contributed by atoms with Gasteiger partial charge in [0.05, 0.1) is 22.8 Å². The molecule has 0 aliphatic rings. The Morgan fingerprint density at radius 2 is 1.19 bits per heavy atom. The van der Waals surface area contributed by atoms with Crippen molar-refractivity contribution in [1.82, 2.24) is 0 Å². The first-order chi connectivity index (χ1) is 12.6. The zero-order chi connectivity index (χ0) is 18.8. The fourth-order valence-corrected chi connectivity index (χ4v) is 3.05. The van der Waals surface area contributed by atoms with Gasteiger partial charge in [0.1, 0.15) is 0 Å². The number of benzene rings is 2. The van der Waals surface area contributed by atoms with E-state index < -0.39 is 0 Å². The molecule has 0 aliphatic carbocycles. The largest absolute Gasteiger partial charge is 0.252 e. The molecule has 0 N–H and O–H groups in total. The fraction of sp³-hybridized carbons (Fsp3) is 0.417. The molecule has 0 atom stereocenters. The summed E-state index contributed by atoms with van der Waals surface area (Å²) in [5.74, 6) is 0. The van der Waals surface area contributed by atoms with Crippen LogP contribution in [-0.2, 0) is 20.4 Å². The Morgan fingerprint density at radius 3 is 1.67 bits per heavy atom. The first-order valence-electron chi connectivity index (χ1n) is 9.91. The van der Waals surface area contributed by atoms with Crippen molar-refractivity contribution >= 4 is 22.8 Å². The first-order valence-corrected chi connectivity index (χ1v) is 9.91. The summed E-state index contributed by atoms with van der Waals surface area (Å²) in [6.45, 7) is 8.73. The number of aryl methyl sites for hydroxylation is 2. The van der Waals surface area contributed by atoms with Gasteiger partial charge in [-0.2, -0.15) is 0 Å². The zero-order valence-electron chi connectivity index (χ0n) is 17.1. The number of rotatable bonds is 9. The molecule has 2 nitrogen and oxygen atoms in total. The van der Waals surface area contributed by atoms with Crippen molar-refractivity contribution in [1.29, 1.82) is 0 Å². The SMILES string of the molecule is CCCCC(=Nc1ccccc1)C(CCCC)=Nc1cc(C)cc(C)c1.[Pd]. The molecule has 0 aromatic heterocycles. The summed E-state index contributed by atoms with van der Waals surface area (Å²) in [6, 6.07) is 16.8. The minimum Gasteiger partial charge on any atom is -0.252 e. The number of aliphatic imine (C=N–C) groups is 2. The Hall–Kier alpha value is -1.56. The minimum absolute atomic E-state index is 0. The topological polar surface area (TPSA) is 24.7 Å². The summed E-state index contributed by atoms with van der Waals surface area (Å²) >= 11 is 0. The van der Waals surface area contributed by atoms with E-state index in [-0.39, 0.29) is 20.4 Å². The maximum atomic E-state index is 5.05. The molecule has 0 amide bonds. The van der Waals surface area contributed by atoms with E-state index in [1.54, 1.807) is 0 Å². The molecule has 0 bridgehead atoms. The summed E-state index contributed by atoms with van der Waals surface area (Å²) in [5, 5.41) is 0. The van der Waals surface area contributed by atoms with Crippen LogP contribution in [0.3, 0.4) is 0 Å². The van der Waals surface area contributed by atoms with E-state index in [0.717, 1.165) is 54.9 Å². The van der Waals surface area contributed by atoms with Crippen LogP contribution in [0.2, 0.25) is 0 Å². The Balaban J connectivity index is 0.00000364. The van der Waals surface area contributed by atoms with E-state index in [2.05, 4.69) is 58.0 Å². The van der Waals surface area contributed by atoms with Gasteiger partial charge in [-0.15, -0.1) is 0 Å². The third-order valence-electron chi connectivity index (χ3n) is 4.36. The van der Waals surface area contributed by atoms with Gasteiger partial charge in [0, 0.05) is 20.4 Å². The number of unbranched alkanes of at least 4 members (excludes halogenated alkanes) is 2. The number of nitrogens with zero attached hydrogens (tertiary/aromatic N) is 2. The third kappa shape index (κ3) is 8.33. The van der Waals surface area contributed by atoms with E-state index in [0.29, 0.717) is 0 Å². The normalized spacial score (nSPS) is 12.0. The van der Waals surface area contributed by atoms with Crippen molar-refractivity contribution < 1.29 is 20.4 Å². The van der Waals surface area contributed by atoms with Crippen LogP contribution in [0.25, 0.3) is 0 Å². The fourth-order valence-electron chi connectivity index (χ4n) is 3.05. The van der Waals surface area contributed by atoms with Crippen LogP contribution in [0.5, 0.6) is 0 Å². The van der Waals surface area contributed by atoms with Gasteiger partial charge in [-0.1, -0.05) is 51.0 Å². The quantitative estimate of drug-likeness (QED) is 0.276. The van der Waals surface area contributed by atoms with Gasteiger partial charge in [-0.05, 0) is 74.9 Å². The maximum Gasteiger partial charge on any atom is 0.0639 e. The zero-order valence-corrected chi connectivity index (χ0v) is 18.6. The van der Waals surface area contributed by atoms with Gasteiger partial charge in [-0.25, -0.2) is 0 Å². The monoisotopic (exact) mass is 454 g/mol. The van der Waals surface area contributed by atoms with Crippen LogP contribution < -0.4 is 0 Å². The Bertz CT molecular complexity index is 728. The molecule has 0 unspecified atom stereocenters. The van der Waals surface area contributed by atoms with Gasteiger partial charge in [0.15, 0.2) is 0 Å². The molecule has 148 valence electrons. The van der Waals surface area contributed by atoms with Crippen molar-refractivity contribution in [3.05, 3.63) is 59.7 Å². The molecule has 2 aromatic carbocycles. The predicted octanol–water partition coefficient (Wildman–Crippen LogP) is 7.53. The molecule has 0 saturated heterocycles. The summed E-state index contributed by atoms with van der Waals surface area (Å²) < 4.78 is 0. The first kappa shape index (κ1) is 23.5. The third-order valence-corrected chi connectivity index (χ3v) is 4.36. The average molecular weight is 455 g/mol. The molecule has 2 aromatic rings. The van der Waals surface area contributed by atoms with E-state index in [4.69, 9.17) is 9.98 Å². The van der Waals surface area contributed by atoms with Gasteiger partial charge in [0.25, 0.3) is 0 Å². The van der Waals surface area contributed by atoms with Gasteiger partial charge in [-0.3, -0.25) is 9.98 Å².